The minimum atomic E-state index is -0.235. The summed E-state index contributed by atoms with van der Waals surface area (Å²) >= 11 is 0. The number of imidazole rings is 1. The van der Waals surface area contributed by atoms with Crippen LogP contribution in [0.1, 0.15) is 18.8 Å². The molecular formula is C13H17N9O. The highest BCUT2D eigenvalue weighted by atomic mass is 16.2. The number of rotatable bonds is 5. The Labute approximate surface area is 132 Å². The minimum Gasteiger partial charge on any atom is -0.348 e. The van der Waals surface area contributed by atoms with E-state index in [9.17, 15) is 4.79 Å². The molecule has 0 saturated heterocycles. The maximum Gasteiger partial charge on any atom is 0.240 e. The summed E-state index contributed by atoms with van der Waals surface area (Å²) in [6, 6.07) is -0.235. The van der Waals surface area contributed by atoms with Crippen molar-refractivity contribution in [3.8, 4) is 0 Å². The van der Waals surface area contributed by atoms with Crippen LogP contribution in [0, 0.1) is 0 Å². The van der Waals surface area contributed by atoms with Gasteiger partial charge in [-0.3, -0.25) is 4.79 Å². The van der Waals surface area contributed by atoms with Crippen LogP contribution in [0.15, 0.2) is 19.0 Å². The first-order chi connectivity index (χ1) is 11.1. The number of amides is 1. The molecule has 0 spiro atoms. The summed E-state index contributed by atoms with van der Waals surface area (Å²) in [4.78, 5) is 29.3. The topological polar surface area (TPSA) is 118 Å². The molecule has 0 aliphatic carbocycles. The zero-order valence-corrected chi connectivity index (χ0v) is 13.1. The SMILES string of the molecule is CC(NC(=O)CN(C)c1ncnc2nc[nH]c12)c1nncn1C. The van der Waals surface area contributed by atoms with E-state index >= 15 is 0 Å². The normalized spacial score (nSPS) is 12.3. The highest BCUT2D eigenvalue weighted by Crippen LogP contribution is 2.18. The molecule has 1 amide bonds. The first-order valence-corrected chi connectivity index (χ1v) is 7.04. The second-order valence-corrected chi connectivity index (χ2v) is 5.24. The molecule has 3 rings (SSSR count). The van der Waals surface area contributed by atoms with Crippen molar-refractivity contribution in [3.05, 3.63) is 24.8 Å². The molecule has 0 saturated carbocycles. The summed E-state index contributed by atoms with van der Waals surface area (Å²) in [5.74, 6) is 1.17. The Morgan fingerprint density at radius 3 is 3.00 bits per heavy atom. The molecule has 1 unspecified atom stereocenters. The van der Waals surface area contributed by atoms with Crippen molar-refractivity contribution in [2.45, 2.75) is 13.0 Å². The van der Waals surface area contributed by atoms with Crippen molar-refractivity contribution < 1.29 is 4.79 Å². The van der Waals surface area contributed by atoms with E-state index in [0.29, 0.717) is 22.8 Å². The van der Waals surface area contributed by atoms with E-state index in [1.807, 2.05) is 14.0 Å². The number of aromatic nitrogens is 7. The quantitative estimate of drug-likeness (QED) is 0.669. The lowest BCUT2D eigenvalue weighted by Gasteiger charge is -2.19. The Bertz CT molecular complexity index is 824. The molecule has 120 valence electrons. The standard InChI is InChI=1S/C13H17N9O/c1-8(12-20-18-7-22(12)3)19-9(23)4-21(2)13-10-11(15-5-14-10)16-6-17-13/h5-8H,4H2,1-3H3,(H,19,23)(H,14,15,16,17). The number of hydrogen-bond acceptors (Lipinski definition) is 7. The highest BCUT2D eigenvalue weighted by molar-refractivity contribution is 5.87. The summed E-state index contributed by atoms with van der Waals surface area (Å²) < 4.78 is 1.77. The van der Waals surface area contributed by atoms with Gasteiger partial charge in [0.1, 0.15) is 18.2 Å². The fourth-order valence-corrected chi connectivity index (χ4v) is 2.37. The number of likely N-dealkylation sites (N-methyl/N-ethyl adjacent to an activating group) is 1. The average Bonchev–Trinajstić information content (AvgIpc) is 3.14. The van der Waals surface area contributed by atoms with Crippen LogP contribution in [0.4, 0.5) is 5.82 Å². The van der Waals surface area contributed by atoms with Crippen LogP contribution < -0.4 is 10.2 Å². The predicted octanol–water partition coefficient (Wildman–Crippen LogP) is -0.205. The Morgan fingerprint density at radius 2 is 2.26 bits per heavy atom. The van der Waals surface area contributed by atoms with Crippen molar-refractivity contribution in [2.75, 3.05) is 18.5 Å². The fourth-order valence-electron chi connectivity index (χ4n) is 2.37. The van der Waals surface area contributed by atoms with Gasteiger partial charge in [0.15, 0.2) is 17.3 Å². The van der Waals surface area contributed by atoms with Crippen LogP contribution in [0.25, 0.3) is 11.2 Å². The van der Waals surface area contributed by atoms with Gasteiger partial charge in [-0.15, -0.1) is 10.2 Å². The number of aryl methyl sites for hydroxylation is 1. The van der Waals surface area contributed by atoms with Gasteiger partial charge in [-0.2, -0.15) is 0 Å². The number of nitrogens with zero attached hydrogens (tertiary/aromatic N) is 7. The number of carbonyl (C=O) groups excluding carboxylic acids is 1. The molecule has 3 heterocycles. The lowest BCUT2D eigenvalue weighted by atomic mass is 10.3. The molecule has 1 atom stereocenters. The molecule has 0 radical (unpaired) electrons. The van der Waals surface area contributed by atoms with Crippen LogP contribution in [-0.2, 0) is 11.8 Å². The maximum atomic E-state index is 12.2. The van der Waals surface area contributed by atoms with Crippen LogP contribution >= 0.6 is 0 Å². The molecule has 23 heavy (non-hydrogen) atoms. The van der Waals surface area contributed by atoms with Crippen molar-refractivity contribution in [1.82, 2.24) is 40.0 Å². The van der Waals surface area contributed by atoms with Crippen molar-refractivity contribution in [1.29, 1.82) is 0 Å². The first-order valence-electron chi connectivity index (χ1n) is 7.04. The van der Waals surface area contributed by atoms with Crippen molar-refractivity contribution >= 4 is 22.9 Å². The van der Waals surface area contributed by atoms with E-state index in [1.165, 1.54) is 6.33 Å². The number of carbonyl (C=O) groups is 1. The molecule has 3 aromatic rings. The molecule has 0 bridgehead atoms. The number of anilines is 1. The first kappa shape index (κ1) is 14.9. The van der Waals surface area contributed by atoms with E-state index < -0.39 is 0 Å². The van der Waals surface area contributed by atoms with E-state index in [1.54, 1.807) is 29.2 Å². The van der Waals surface area contributed by atoms with Crippen LogP contribution in [0.3, 0.4) is 0 Å². The van der Waals surface area contributed by atoms with Gasteiger partial charge in [-0.1, -0.05) is 0 Å². The molecule has 0 aliphatic rings. The number of aromatic amines is 1. The van der Waals surface area contributed by atoms with E-state index in [4.69, 9.17) is 0 Å². The van der Waals surface area contributed by atoms with Gasteiger partial charge in [0.25, 0.3) is 0 Å². The lowest BCUT2D eigenvalue weighted by Crippen LogP contribution is -2.37. The van der Waals surface area contributed by atoms with Gasteiger partial charge in [0, 0.05) is 14.1 Å². The second kappa shape index (κ2) is 5.99. The third-order valence-electron chi connectivity index (χ3n) is 3.46. The number of fused-ring (bicyclic) bond motifs is 1. The van der Waals surface area contributed by atoms with Gasteiger partial charge in [-0.25, -0.2) is 15.0 Å². The molecular weight excluding hydrogens is 298 g/mol. The average molecular weight is 315 g/mol. The van der Waals surface area contributed by atoms with Gasteiger partial charge in [0.2, 0.25) is 5.91 Å². The van der Waals surface area contributed by atoms with E-state index in [2.05, 4.69) is 35.5 Å². The van der Waals surface area contributed by atoms with Crippen LogP contribution in [0.5, 0.6) is 0 Å². The van der Waals surface area contributed by atoms with E-state index in [0.717, 1.165) is 0 Å². The maximum absolute atomic E-state index is 12.2. The number of hydrogen-bond donors (Lipinski definition) is 2. The largest absolute Gasteiger partial charge is 0.348 e. The molecule has 0 aromatic carbocycles. The minimum absolute atomic E-state index is 0.144. The van der Waals surface area contributed by atoms with Crippen molar-refractivity contribution in [2.24, 2.45) is 7.05 Å². The molecule has 3 aromatic heterocycles. The summed E-state index contributed by atoms with van der Waals surface area (Å²) in [7, 11) is 3.62. The monoisotopic (exact) mass is 315 g/mol. The summed E-state index contributed by atoms with van der Waals surface area (Å²) in [5.41, 5.74) is 1.26. The molecule has 10 heteroatoms. The zero-order chi connectivity index (χ0) is 16.4. The summed E-state index contributed by atoms with van der Waals surface area (Å²) in [6.07, 6.45) is 4.57. The molecule has 10 nitrogen and oxygen atoms in total. The Balaban J connectivity index is 1.68. The summed E-state index contributed by atoms with van der Waals surface area (Å²) in [5, 5.41) is 10.7. The lowest BCUT2D eigenvalue weighted by molar-refractivity contribution is -0.120. The number of H-pyrrole nitrogens is 1. The third kappa shape index (κ3) is 2.96. The van der Waals surface area contributed by atoms with Gasteiger partial charge < -0.3 is 19.8 Å². The smallest absolute Gasteiger partial charge is 0.240 e. The molecule has 0 aliphatic heterocycles. The summed E-state index contributed by atoms with van der Waals surface area (Å²) in [6.45, 7) is 2.01. The van der Waals surface area contributed by atoms with Crippen LogP contribution in [0.2, 0.25) is 0 Å². The van der Waals surface area contributed by atoms with E-state index in [-0.39, 0.29) is 18.5 Å². The molecule has 2 N–H and O–H groups in total. The molecule has 0 fully saturated rings. The Hall–Kier alpha value is -3.04. The predicted molar refractivity (Wildman–Crippen MR) is 82.5 cm³/mol. The zero-order valence-electron chi connectivity index (χ0n) is 13.1. The third-order valence-corrected chi connectivity index (χ3v) is 3.46. The van der Waals surface area contributed by atoms with Gasteiger partial charge in [-0.05, 0) is 6.92 Å². The van der Waals surface area contributed by atoms with Crippen LogP contribution in [-0.4, -0.2) is 54.2 Å². The second-order valence-electron chi connectivity index (χ2n) is 5.24. The number of nitrogens with one attached hydrogen (secondary N) is 2. The Morgan fingerprint density at radius 1 is 1.43 bits per heavy atom. The Kier molecular flexibility index (Phi) is 3.87. The van der Waals surface area contributed by atoms with Gasteiger partial charge in [0.05, 0.1) is 18.9 Å². The highest BCUT2D eigenvalue weighted by Gasteiger charge is 2.17. The fraction of sp³-hybridized carbons (Fsp3) is 0.385. The van der Waals surface area contributed by atoms with Gasteiger partial charge >= 0.3 is 0 Å². The van der Waals surface area contributed by atoms with Crippen molar-refractivity contribution in [3.63, 3.8) is 0 Å².